The van der Waals surface area contributed by atoms with Gasteiger partial charge in [-0.1, -0.05) is 30.3 Å². The summed E-state index contributed by atoms with van der Waals surface area (Å²) in [5.74, 6) is 0.585. The number of ether oxygens (including phenoxy) is 1. The lowest BCUT2D eigenvalue weighted by Crippen LogP contribution is -2.13. The van der Waals surface area contributed by atoms with Gasteiger partial charge in [-0.2, -0.15) is 0 Å². The minimum Gasteiger partial charge on any atom is -0.497 e. The van der Waals surface area contributed by atoms with Crippen LogP contribution in [0.2, 0.25) is 0 Å². The van der Waals surface area contributed by atoms with E-state index in [-0.39, 0.29) is 5.91 Å². The lowest BCUT2D eigenvalue weighted by Gasteiger charge is -2.09. The van der Waals surface area contributed by atoms with E-state index in [9.17, 15) is 4.79 Å². The molecule has 0 saturated heterocycles. The number of amides is 1. The number of thiazole rings is 1. The number of hydrogen-bond donors (Lipinski definition) is 1. The van der Waals surface area contributed by atoms with Crippen molar-refractivity contribution in [2.75, 3.05) is 12.4 Å². The summed E-state index contributed by atoms with van der Waals surface area (Å²) in [6, 6.07) is 21.4. The van der Waals surface area contributed by atoms with Crippen LogP contribution in [-0.4, -0.2) is 18.0 Å². The number of rotatable bonds is 5. The molecule has 1 aromatic heterocycles. The molecule has 4 rings (SSSR count). The second-order valence-electron chi connectivity index (χ2n) is 7.07. The summed E-state index contributed by atoms with van der Waals surface area (Å²) in [6.07, 6.45) is 1.87. The highest BCUT2D eigenvalue weighted by molar-refractivity contribution is 7.19. The Morgan fingerprint density at radius 3 is 2.47 bits per heavy atom. The maximum atomic E-state index is 13.3. The predicted molar refractivity (Wildman–Crippen MR) is 125 cm³/mol. The van der Waals surface area contributed by atoms with Crippen LogP contribution in [0.25, 0.3) is 21.9 Å². The molecule has 0 aliphatic heterocycles. The Bertz CT molecular complexity index is 1210. The van der Waals surface area contributed by atoms with Crippen LogP contribution in [0.5, 0.6) is 5.75 Å². The molecule has 0 spiro atoms. The topological polar surface area (TPSA) is 51.2 Å². The molecule has 0 aliphatic carbocycles. The lowest BCUT2D eigenvalue weighted by atomic mass is 10.1. The summed E-state index contributed by atoms with van der Waals surface area (Å²) in [5.41, 5.74) is 5.41. The van der Waals surface area contributed by atoms with Crippen molar-refractivity contribution in [3.05, 3.63) is 88.4 Å². The first-order valence-electron chi connectivity index (χ1n) is 9.64. The number of nitrogens with one attached hydrogen (secondary N) is 1. The molecule has 0 atom stereocenters. The first-order valence-corrected chi connectivity index (χ1v) is 10.5. The van der Waals surface area contributed by atoms with Crippen LogP contribution in [0.15, 0.2) is 66.7 Å². The average Bonchev–Trinajstić information content (AvgIpc) is 3.19. The van der Waals surface area contributed by atoms with E-state index in [2.05, 4.69) is 12.2 Å². The minimum atomic E-state index is -0.187. The third-order valence-corrected chi connectivity index (χ3v) is 6.03. The Balaban J connectivity index is 1.74. The molecular weight excluding hydrogens is 392 g/mol. The van der Waals surface area contributed by atoms with Crippen molar-refractivity contribution in [3.63, 3.8) is 0 Å². The molecule has 0 bridgehead atoms. The van der Waals surface area contributed by atoms with E-state index in [4.69, 9.17) is 9.72 Å². The van der Waals surface area contributed by atoms with Crippen LogP contribution in [0.3, 0.4) is 0 Å². The zero-order valence-corrected chi connectivity index (χ0v) is 17.9. The van der Waals surface area contributed by atoms with Gasteiger partial charge in [-0.05, 0) is 73.0 Å². The van der Waals surface area contributed by atoms with Crippen molar-refractivity contribution in [2.24, 2.45) is 0 Å². The van der Waals surface area contributed by atoms with Crippen molar-refractivity contribution in [2.45, 2.75) is 13.8 Å². The minimum absolute atomic E-state index is 0.187. The number of carbonyl (C=O) groups excluding carboxylic acids is 1. The number of methoxy groups -OCH3 is 1. The summed E-state index contributed by atoms with van der Waals surface area (Å²) in [6.45, 7) is 4.09. The maximum Gasteiger partial charge on any atom is 0.258 e. The van der Waals surface area contributed by atoms with E-state index in [1.54, 1.807) is 7.11 Å². The molecule has 0 fully saturated rings. The van der Waals surface area contributed by atoms with Gasteiger partial charge in [0.15, 0.2) is 0 Å². The Kier molecular flexibility index (Phi) is 5.63. The predicted octanol–water partition coefficient (Wildman–Crippen LogP) is 6.10. The Morgan fingerprint density at radius 1 is 1.00 bits per heavy atom. The molecule has 5 heteroatoms. The summed E-state index contributed by atoms with van der Waals surface area (Å²) in [7, 11) is 1.63. The molecule has 3 aromatic carbocycles. The molecule has 1 heterocycles. The van der Waals surface area contributed by atoms with Gasteiger partial charge in [0.1, 0.15) is 10.8 Å². The maximum absolute atomic E-state index is 13.3. The van der Waals surface area contributed by atoms with E-state index < -0.39 is 0 Å². The summed E-state index contributed by atoms with van der Waals surface area (Å²) in [4.78, 5) is 18.0. The van der Waals surface area contributed by atoms with Crippen molar-refractivity contribution in [1.82, 2.24) is 4.98 Å². The van der Waals surface area contributed by atoms with Crippen molar-refractivity contribution >= 4 is 44.8 Å². The van der Waals surface area contributed by atoms with Crippen LogP contribution in [0, 0.1) is 13.8 Å². The van der Waals surface area contributed by atoms with Gasteiger partial charge in [-0.25, -0.2) is 4.98 Å². The third kappa shape index (κ3) is 4.26. The second-order valence-corrected chi connectivity index (χ2v) is 8.10. The van der Waals surface area contributed by atoms with Gasteiger partial charge in [0.25, 0.3) is 5.91 Å². The first kappa shape index (κ1) is 19.9. The molecule has 0 unspecified atom stereocenters. The van der Waals surface area contributed by atoms with Gasteiger partial charge in [-0.15, -0.1) is 11.3 Å². The smallest absolute Gasteiger partial charge is 0.258 e. The number of benzene rings is 3. The number of anilines is 1. The summed E-state index contributed by atoms with van der Waals surface area (Å²) < 4.78 is 6.28. The Morgan fingerprint density at radius 2 is 1.77 bits per heavy atom. The number of nitrogens with zero attached hydrogens (tertiary/aromatic N) is 1. The molecule has 0 saturated carbocycles. The molecule has 30 heavy (non-hydrogen) atoms. The van der Waals surface area contributed by atoms with Crippen LogP contribution in [0.4, 0.5) is 5.69 Å². The van der Waals surface area contributed by atoms with Crippen LogP contribution in [-0.2, 0) is 4.79 Å². The number of fused-ring (bicyclic) bond motifs is 1. The molecule has 1 N–H and O–H groups in total. The molecule has 0 radical (unpaired) electrons. The fraction of sp³-hybridized carbons (Fsp3) is 0.120. The van der Waals surface area contributed by atoms with Gasteiger partial charge in [0, 0.05) is 5.69 Å². The molecule has 1 amide bonds. The monoisotopic (exact) mass is 414 g/mol. The standard InChI is InChI=1S/C25H22N2O2S/c1-16-8-11-19(14-17(16)2)26-24(28)21(15-18-9-12-20(29-3)13-10-18)25-27-22-6-4-5-7-23(22)30-25/h4-15H,1-3H3,(H,26,28). The van der Waals surface area contributed by atoms with Crippen molar-refractivity contribution in [3.8, 4) is 5.75 Å². The number of aromatic nitrogens is 1. The largest absolute Gasteiger partial charge is 0.497 e. The molecule has 4 aromatic rings. The number of para-hydroxylation sites is 1. The highest BCUT2D eigenvalue weighted by atomic mass is 32.1. The third-order valence-electron chi connectivity index (χ3n) is 4.96. The van der Waals surface area contributed by atoms with Crippen LogP contribution in [0.1, 0.15) is 21.7 Å². The summed E-state index contributed by atoms with van der Waals surface area (Å²) >= 11 is 1.51. The van der Waals surface area contributed by atoms with E-state index in [1.807, 2.05) is 79.7 Å². The Labute approximate surface area is 179 Å². The van der Waals surface area contributed by atoms with Gasteiger partial charge >= 0.3 is 0 Å². The Hall–Kier alpha value is -3.44. The van der Waals surface area contributed by atoms with Gasteiger partial charge in [-0.3, -0.25) is 4.79 Å². The van der Waals surface area contributed by atoms with E-state index >= 15 is 0 Å². The van der Waals surface area contributed by atoms with Gasteiger partial charge in [0.2, 0.25) is 0 Å². The fourth-order valence-corrected chi connectivity index (χ4v) is 4.07. The van der Waals surface area contributed by atoms with Crippen molar-refractivity contribution < 1.29 is 9.53 Å². The van der Waals surface area contributed by atoms with E-state index in [0.717, 1.165) is 32.8 Å². The molecule has 150 valence electrons. The quantitative estimate of drug-likeness (QED) is 0.401. The molecule has 0 aliphatic rings. The van der Waals surface area contributed by atoms with Gasteiger partial charge in [0.05, 0.1) is 22.9 Å². The molecule has 4 nitrogen and oxygen atoms in total. The van der Waals surface area contributed by atoms with Crippen LogP contribution >= 0.6 is 11.3 Å². The fourth-order valence-electron chi connectivity index (χ4n) is 3.10. The lowest BCUT2D eigenvalue weighted by molar-refractivity contribution is -0.111. The van der Waals surface area contributed by atoms with E-state index in [1.165, 1.54) is 16.9 Å². The number of aryl methyl sites for hydroxylation is 2. The number of hydrogen-bond acceptors (Lipinski definition) is 4. The van der Waals surface area contributed by atoms with E-state index in [0.29, 0.717) is 10.6 Å². The second kappa shape index (κ2) is 8.51. The molecular formula is C25H22N2O2S. The van der Waals surface area contributed by atoms with Gasteiger partial charge < -0.3 is 10.1 Å². The zero-order chi connectivity index (χ0) is 21.1. The highest BCUT2D eigenvalue weighted by Gasteiger charge is 2.17. The highest BCUT2D eigenvalue weighted by Crippen LogP contribution is 2.30. The first-order chi connectivity index (χ1) is 14.5. The zero-order valence-electron chi connectivity index (χ0n) is 17.1. The number of carbonyl (C=O) groups is 1. The summed E-state index contributed by atoms with van der Waals surface area (Å²) in [5, 5.41) is 3.72. The average molecular weight is 415 g/mol. The normalized spacial score (nSPS) is 11.5. The van der Waals surface area contributed by atoms with Crippen LogP contribution < -0.4 is 10.1 Å². The van der Waals surface area contributed by atoms with Crippen molar-refractivity contribution in [1.29, 1.82) is 0 Å². The SMILES string of the molecule is COc1ccc(C=C(C(=O)Nc2ccc(C)c(C)c2)c2nc3ccccc3s2)cc1.